The topological polar surface area (TPSA) is 58.3 Å². The second kappa shape index (κ2) is 5.51. The van der Waals surface area contributed by atoms with Crippen LogP contribution in [0.2, 0.25) is 0 Å². The van der Waals surface area contributed by atoms with Crippen molar-refractivity contribution < 1.29 is 5.11 Å². The van der Waals surface area contributed by atoms with Crippen molar-refractivity contribution in [1.29, 1.82) is 0 Å². The van der Waals surface area contributed by atoms with Crippen LogP contribution in [0, 0.1) is 5.92 Å². The maximum absolute atomic E-state index is 9.14. The quantitative estimate of drug-likeness (QED) is 0.550. The van der Waals surface area contributed by atoms with Crippen molar-refractivity contribution in [3.8, 4) is 0 Å². The van der Waals surface area contributed by atoms with Crippen LogP contribution in [0.5, 0.6) is 0 Å². The lowest BCUT2D eigenvalue weighted by Gasteiger charge is -2.12. The van der Waals surface area contributed by atoms with Gasteiger partial charge in [0.25, 0.3) is 0 Å². The van der Waals surface area contributed by atoms with E-state index in [1.165, 1.54) is 25.7 Å². The highest BCUT2D eigenvalue weighted by Gasteiger charge is 2.14. The lowest BCUT2D eigenvalue weighted by molar-refractivity contribution is 0.177. The normalized spacial score (nSPS) is 21.5. The first-order chi connectivity index (χ1) is 5.83. The van der Waals surface area contributed by atoms with Crippen molar-refractivity contribution in [1.82, 2.24) is 5.32 Å². The molecule has 12 heavy (non-hydrogen) atoms. The Hall–Kier alpha value is -0.120. The van der Waals surface area contributed by atoms with Crippen LogP contribution in [0.25, 0.3) is 0 Å². The predicted molar refractivity (Wildman–Crippen MR) is 49.9 cm³/mol. The van der Waals surface area contributed by atoms with Crippen LogP contribution in [0.15, 0.2) is 0 Å². The number of aliphatic hydroxyl groups excluding tert-OH is 1. The van der Waals surface area contributed by atoms with Crippen LogP contribution in [-0.2, 0) is 0 Å². The van der Waals surface area contributed by atoms with Crippen LogP contribution in [0.1, 0.15) is 25.7 Å². The van der Waals surface area contributed by atoms with E-state index in [2.05, 4.69) is 5.32 Å². The van der Waals surface area contributed by atoms with Gasteiger partial charge in [0.1, 0.15) is 0 Å². The fraction of sp³-hybridized carbons (Fsp3) is 1.00. The van der Waals surface area contributed by atoms with E-state index in [0.29, 0.717) is 13.1 Å². The smallest absolute Gasteiger partial charge is 0.0786 e. The molecule has 1 rings (SSSR count). The minimum atomic E-state index is -0.369. The molecule has 0 aliphatic heterocycles. The van der Waals surface area contributed by atoms with E-state index in [-0.39, 0.29) is 6.10 Å². The molecule has 0 heterocycles. The van der Waals surface area contributed by atoms with Crippen molar-refractivity contribution in [3.05, 3.63) is 0 Å². The highest BCUT2D eigenvalue weighted by atomic mass is 16.3. The van der Waals surface area contributed by atoms with Gasteiger partial charge in [-0.25, -0.2) is 0 Å². The molecule has 0 amide bonds. The summed E-state index contributed by atoms with van der Waals surface area (Å²) in [7, 11) is 0. The largest absolute Gasteiger partial charge is 0.390 e. The summed E-state index contributed by atoms with van der Waals surface area (Å²) in [5, 5.41) is 12.4. The predicted octanol–water partition coefficient (Wildman–Crippen LogP) is 0.0858. The van der Waals surface area contributed by atoms with Crippen LogP contribution in [-0.4, -0.2) is 30.8 Å². The Bertz CT molecular complexity index is 113. The van der Waals surface area contributed by atoms with Gasteiger partial charge in [0, 0.05) is 13.1 Å². The first-order valence-electron chi connectivity index (χ1n) is 4.91. The van der Waals surface area contributed by atoms with Crippen molar-refractivity contribution in [3.63, 3.8) is 0 Å². The van der Waals surface area contributed by atoms with Crippen LogP contribution >= 0.6 is 0 Å². The van der Waals surface area contributed by atoms with Gasteiger partial charge in [0.15, 0.2) is 0 Å². The highest BCUT2D eigenvalue weighted by Crippen LogP contribution is 2.23. The summed E-state index contributed by atoms with van der Waals surface area (Å²) in [5.74, 6) is 0.843. The molecular formula is C9H20N2O. The fourth-order valence-electron chi connectivity index (χ4n) is 1.75. The Balaban J connectivity index is 1.94. The Morgan fingerprint density at radius 1 is 1.42 bits per heavy atom. The average Bonchev–Trinajstić information content (AvgIpc) is 2.57. The van der Waals surface area contributed by atoms with Gasteiger partial charge in [0.2, 0.25) is 0 Å². The molecule has 1 fully saturated rings. The molecule has 72 valence electrons. The van der Waals surface area contributed by atoms with E-state index < -0.39 is 0 Å². The molecule has 0 bridgehead atoms. The lowest BCUT2D eigenvalue weighted by atomic mass is 10.1. The molecule has 1 aliphatic rings. The van der Waals surface area contributed by atoms with Gasteiger partial charge < -0.3 is 16.2 Å². The van der Waals surface area contributed by atoms with E-state index in [1.54, 1.807) is 0 Å². The van der Waals surface area contributed by atoms with E-state index in [1.807, 2.05) is 0 Å². The first kappa shape index (κ1) is 9.96. The molecule has 4 N–H and O–H groups in total. The minimum Gasteiger partial charge on any atom is -0.390 e. The zero-order valence-corrected chi connectivity index (χ0v) is 7.63. The van der Waals surface area contributed by atoms with Gasteiger partial charge in [-0.1, -0.05) is 12.8 Å². The minimum absolute atomic E-state index is 0.359. The Labute approximate surface area is 74.3 Å². The number of hydrogen-bond donors (Lipinski definition) is 3. The summed E-state index contributed by atoms with van der Waals surface area (Å²) in [5.41, 5.74) is 5.28. The van der Waals surface area contributed by atoms with Gasteiger partial charge in [-0.05, 0) is 25.3 Å². The standard InChI is InChI=1S/C9H20N2O/c10-5-9(12)7-11-6-8-3-1-2-4-8/h8-9,11-12H,1-7,10H2. The van der Waals surface area contributed by atoms with E-state index in [4.69, 9.17) is 10.8 Å². The van der Waals surface area contributed by atoms with Crippen molar-refractivity contribution in [2.45, 2.75) is 31.8 Å². The SMILES string of the molecule is NCC(O)CNCC1CCCC1. The zero-order valence-electron chi connectivity index (χ0n) is 7.63. The van der Waals surface area contributed by atoms with Crippen molar-refractivity contribution >= 4 is 0 Å². The van der Waals surface area contributed by atoms with Crippen LogP contribution in [0.4, 0.5) is 0 Å². The summed E-state index contributed by atoms with van der Waals surface area (Å²) in [6.45, 7) is 2.06. The maximum atomic E-state index is 9.14. The summed E-state index contributed by atoms with van der Waals surface area (Å²) >= 11 is 0. The number of nitrogens with two attached hydrogens (primary N) is 1. The molecule has 1 saturated carbocycles. The Kier molecular flexibility index (Phi) is 4.58. The molecule has 0 aromatic rings. The molecule has 0 aromatic heterocycles. The van der Waals surface area contributed by atoms with Gasteiger partial charge in [-0.2, -0.15) is 0 Å². The van der Waals surface area contributed by atoms with E-state index >= 15 is 0 Å². The van der Waals surface area contributed by atoms with Gasteiger partial charge in [-0.3, -0.25) is 0 Å². The second-order valence-electron chi connectivity index (χ2n) is 3.70. The van der Waals surface area contributed by atoms with Crippen LogP contribution in [0.3, 0.4) is 0 Å². The van der Waals surface area contributed by atoms with Gasteiger partial charge in [-0.15, -0.1) is 0 Å². The Morgan fingerprint density at radius 2 is 2.08 bits per heavy atom. The molecule has 3 nitrogen and oxygen atoms in total. The average molecular weight is 172 g/mol. The van der Waals surface area contributed by atoms with E-state index in [0.717, 1.165) is 12.5 Å². The molecule has 1 unspecified atom stereocenters. The third kappa shape index (κ3) is 3.52. The second-order valence-corrected chi connectivity index (χ2v) is 3.70. The number of rotatable bonds is 5. The summed E-state index contributed by atoms with van der Waals surface area (Å²) in [6.07, 6.45) is 5.10. The summed E-state index contributed by atoms with van der Waals surface area (Å²) < 4.78 is 0. The van der Waals surface area contributed by atoms with E-state index in [9.17, 15) is 0 Å². The third-order valence-corrected chi connectivity index (χ3v) is 2.56. The summed E-state index contributed by atoms with van der Waals surface area (Å²) in [4.78, 5) is 0. The summed E-state index contributed by atoms with van der Waals surface area (Å²) in [6, 6.07) is 0. The fourth-order valence-corrected chi connectivity index (χ4v) is 1.75. The number of nitrogens with one attached hydrogen (secondary N) is 1. The van der Waals surface area contributed by atoms with Gasteiger partial charge >= 0.3 is 0 Å². The maximum Gasteiger partial charge on any atom is 0.0786 e. The van der Waals surface area contributed by atoms with Gasteiger partial charge in [0.05, 0.1) is 6.10 Å². The van der Waals surface area contributed by atoms with Crippen LogP contribution < -0.4 is 11.1 Å². The molecule has 0 radical (unpaired) electrons. The monoisotopic (exact) mass is 172 g/mol. The zero-order chi connectivity index (χ0) is 8.81. The first-order valence-corrected chi connectivity index (χ1v) is 4.91. The Morgan fingerprint density at radius 3 is 2.67 bits per heavy atom. The molecule has 1 aliphatic carbocycles. The molecule has 0 spiro atoms. The number of hydrogen-bond acceptors (Lipinski definition) is 3. The molecule has 3 heteroatoms. The van der Waals surface area contributed by atoms with Crippen molar-refractivity contribution in [2.24, 2.45) is 11.7 Å². The molecule has 0 aromatic carbocycles. The number of aliphatic hydroxyl groups is 1. The third-order valence-electron chi connectivity index (χ3n) is 2.56. The molecular weight excluding hydrogens is 152 g/mol. The van der Waals surface area contributed by atoms with Crippen molar-refractivity contribution in [2.75, 3.05) is 19.6 Å². The lowest BCUT2D eigenvalue weighted by Crippen LogP contribution is -2.34. The molecule has 1 atom stereocenters. The molecule has 0 saturated heterocycles. The highest BCUT2D eigenvalue weighted by molar-refractivity contribution is 4.70.